The minimum absolute atomic E-state index is 0.0869. The molecular weight excluding hydrogens is 395 g/mol. The summed E-state index contributed by atoms with van der Waals surface area (Å²) in [5.74, 6) is -0.748. The summed E-state index contributed by atoms with van der Waals surface area (Å²) >= 11 is 0. The summed E-state index contributed by atoms with van der Waals surface area (Å²) in [6.45, 7) is 0.628. The molecule has 9 heteroatoms. The number of carbonyl (C=O) groups excluding carboxylic acids is 1. The van der Waals surface area contributed by atoms with Gasteiger partial charge >= 0.3 is 12.1 Å². The maximum atomic E-state index is 12.7. The molecule has 1 aliphatic heterocycles. The van der Waals surface area contributed by atoms with Crippen molar-refractivity contribution in [1.29, 1.82) is 0 Å². The van der Waals surface area contributed by atoms with E-state index < -0.39 is 27.7 Å². The van der Waals surface area contributed by atoms with Crippen LogP contribution in [-0.2, 0) is 27.5 Å². The second-order valence-corrected chi connectivity index (χ2v) is 8.35. The summed E-state index contributed by atoms with van der Waals surface area (Å²) in [6, 6.07) is 9.83. The van der Waals surface area contributed by atoms with Crippen LogP contribution in [0.1, 0.15) is 34.3 Å². The van der Waals surface area contributed by atoms with Crippen LogP contribution in [0.2, 0.25) is 0 Å². The highest BCUT2D eigenvalue weighted by Gasteiger charge is 2.30. The van der Waals surface area contributed by atoms with E-state index in [0.29, 0.717) is 13.1 Å². The monoisotopic (exact) mass is 413 g/mol. The zero-order valence-electron chi connectivity index (χ0n) is 14.8. The van der Waals surface area contributed by atoms with Crippen LogP contribution in [-0.4, -0.2) is 31.8 Å². The number of carbonyl (C=O) groups is 1. The van der Waals surface area contributed by atoms with Gasteiger partial charge in [0, 0.05) is 13.1 Å². The molecule has 0 saturated carbocycles. The average Bonchev–Trinajstić information content (AvgIpc) is 3.21. The minimum atomic E-state index is -4.48. The van der Waals surface area contributed by atoms with Gasteiger partial charge in [0.05, 0.1) is 16.0 Å². The molecule has 0 unspecified atom stereocenters. The van der Waals surface area contributed by atoms with E-state index in [4.69, 9.17) is 4.74 Å². The molecule has 1 heterocycles. The normalized spacial score (nSPS) is 15.5. The van der Waals surface area contributed by atoms with Crippen molar-refractivity contribution in [1.82, 2.24) is 4.31 Å². The smallest absolute Gasteiger partial charge is 0.416 e. The van der Waals surface area contributed by atoms with Crippen molar-refractivity contribution in [3.63, 3.8) is 0 Å². The largest absolute Gasteiger partial charge is 0.457 e. The first-order valence-corrected chi connectivity index (χ1v) is 10.1. The van der Waals surface area contributed by atoms with E-state index in [1.807, 2.05) is 0 Å². The SMILES string of the molecule is O=C(OCc1cccc(C(F)(F)F)c1)c1ccc(S(=O)(=O)N2CCCC2)cc1. The van der Waals surface area contributed by atoms with Crippen LogP contribution in [0.4, 0.5) is 13.2 Å². The summed E-state index contributed by atoms with van der Waals surface area (Å²) in [5, 5.41) is 0. The van der Waals surface area contributed by atoms with Crippen molar-refractivity contribution in [2.24, 2.45) is 0 Å². The average molecular weight is 413 g/mol. The number of rotatable bonds is 5. The van der Waals surface area contributed by atoms with Gasteiger partial charge in [0.15, 0.2) is 0 Å². The van der Waals surface area contributed by atoms with E-state index in [0.717, 1.165) is 25.0 Å². The molecule has 1 fully saturated rings. The number of sulfonamides is 1. The van der Waals surface area contributed by atoms with Gasteiger partial charge in [-0.2, -0.15) is 17.5 Å². The summed E-state index contributed by atoms with van der Waals surface area (Å²) in [7, 11) is -3.58. The van der Waals surface area contributed by atoms with E-state index in [-0.39, 0.29) is 22.6 Å². The Balaban J connectivity index is 1.65. The molecule has 28 heavy (non-hydrogen) atoms. The first kappa shape index (κ1) is 20.3. The molecule has 5 nitrogen and oxygen atoms in total. The van der Waals surface area contributed by atoms with Gasteiger partial charge in [-0.3, -0.25) is 0 Å². The van der Waals surface area contributed by atoms with Crippen LogP contribution < -0.4 is 0 Å². The molecule has 0 amide bonds. The predicted octanol–water partition coefficient (Wildman–Crippen LogP) is 3.85. The van der Waals surface area contributed by atoms with E-state index >= 15 is 0 Å². The van der Waals surface area contributed by atoms with Crippen LogP contribution in [0.25, 0.3) is 0 Å². The lowest BCUT2D eigenvalue weighted by atomic mass is 10.1. The number of hydrogen-bond acceptors (Lipinski definition) is 4. The number of nitrogens with zero attached hydrogens (tertiary/aromatic N) is 1. The van der Waals surface area contributed by atoms with Gasteiger partial charge in [0.1, 0.15) is 6.61 Å². The number of hydrogen-bond donors (Lipinski definition) is 0. The van der Waals surface area contributed by atoms with Gasteiger partial charge in [-0.15, -0.1) is 0 Å². The van der Waals surface area contributed by atoms with Gasteiger partial charge in [0.2, 0.25) is 10.0 Å². The third kappa shape index (κ3) is 4.53. The number of halogens is 3. The van der Waals surface area contributed by atoms with Gasteiger partial charge in [-0.05, 0) is 54.8 Å². The fourth-order valence-electron chi connectivity index (χ4n) is 2.91. The standard InChI is InChI=1S/C19H18F3NO4S/c20-19(21,22)16-5-3-4-14(12-16)13-27-18(24)15-6-8-17(9-7-15)28(25,26)23-10-1-2-11-23/h3-9,12H,1-2,10-11,13H2. The van der Waals surface area contributed by atoms with Crippen LogP contribution in [0.3, 0.4) is 0 Å². The summed E-state index contributed by atoms with van der Waals surface area (Å²) in [4.78, 5) is 12.2. The van der Waals surface area contributed by atoms with Crippen LogP contribution in [0.5, 0.6) is 0 Å². The van der Waals surface area contributed by atoms with Crippen molar-refractivity contribution >= 4 is 16.0 Å². The molecule has 1 saturated heterocycles. The molecule has 150 valence electrons. The topological polar surface area (TPSA) is 63.7 Å². The Hall–Kier alpha value is -2.39. The lowest BCUT2D eigenvalue weighted by Crippen LogP contribution is -2.27. The lowest BCUT2D eigenvalue weighted by molar-refractivity contribution is -0.137. The van der Waals surface area contributed by atoms with Crippen molar-refractivity contribution in [3.05, 3.63) is 65.2 Å². The molecule has 2 aromatic carbocycles. The molecule has 0 spiro atoms. The quantitative estimate of drug-likeness (QED) is 0.699. The van der Waals surface area contributed by atoms with Crippen molar-refractivity contribution in [2.75, 3.05) is 13.1 Å². The minimum Gasteiger partial charge on any atom is -0.457 e. The van der Waals surface area contributed by atoms with E-state index in [9.17, 15) is 26.4 Å². The molecule has 3 rings (SSSR count). The third-order valence-corrected chi connectivity index (χ3v) is 6.33. The molecule has 1 aliphatic rings. The molecular formula is C19H18F3NO4S. The number of alkyl halides is 3. The lowest BCUT2D eigenvalue weighted by Gasteiger charge is -2.15. The Morgan fingerprint density at radius 3 is 2.29 bits per heavy atom. The van der Waals surface area contributed by atoms with Gasteiger partial charge in [0.25, 0.3) is 0 Å². The maximum absolute atomic E-state index is 12.7. The second kappa shape index (κ2) is 7.92. The summed E-state index contributed by atoms with van der Waals surface area (Å²) < 4.78 is 69.5. The van der Waals surface area contributed by atoms with Crippen LogP contribution in [0.15, 0.2) is 53.4 Å². The molecule has 0 N–H and O–H groups in total. The Morgan fingerprint density at radius 1 is 1.04 bits per heavy atom. The molecule has 2 aromatic rings. The molecule has 0 aliphatic carbocycles. The Morgan fingerprint density at radius 2 is 1.68 bits per heavy atom. The fraction of sp³-hybridized carbons (Fsp3) is 0.316. The zero-order valence-corrected chi connectivity index (χ0v) is 15.6. The highest BCUT2D eigenvalue weighted by atomic mass is 32.2. The third-order valence-electron chi connectivity index (χ3n) is 4.42. The van der Waals surface area contributed by atoms with E-state index in [2.05, 4.69) is 0 Å². The molecule has 0 radical (unpaired) electrons. The molecule has 0 bridgehead atoms. The van der Waals surface area contributed by atoms with Crippen molar-refractivity contribution in [2.45, 2.75) is 30.5 Å². The highest BCUT2D eigenvalue weighted by Crippen LogP contribution is 2.29. The molecule has 0 aromatic heterocycles. The number of ether oxygens (including phenoxy) is 1. The Bertz CT molecular complexity index is 950. The number of benzene rings is 2. The van der Waals surface area contributed by atoms with Crippen LogP contribution >= 0.6 is 0 Å². The van der Waals surface area contributed by atoms with Gasteiger partial charge < -0.3 is 4.74 Å². The van der Waals surface area contributed by atoms with Gasteiger partial charge in [-0.25, -0.2) is 13.2 Å². The second-order valence-electron chi connectivity index (χ2n) is 6.41. The first-order valence-electron chi connectivity index (χ1n) is 8.61. The highest BCUT2D eigenvalue weighted by molar-refractivity contribution is 7.89. The Labute approximate surface area is 160 Å². The number of esters is 1. The van der Waals surface area contributed by atoms with Gasteiger partial charge in [-0.1, -0.05) is 12.1 Å². The fourth-order valence-corrected chi connectivity index (χ4v) is 4.43. The maximum Gasteiger partial charge on any atom is 0.416 e. The summed E-state index contributed by atoms with van der Waals surface area (Å²) in [5.41, 5.74) is -0.499. The predicted molar refractivity (Wildman–Crippen MR) is 95.0 cm³/mol. The molecule has 0 atom stereocenters. The Kier molecular flexibility index (Phi) is 5.76. The van der Waals surface area contributed by atoms with Crippen molar-refractivity contribution < 1.29 is 31.1 Å². The summed E-state index contributed by atoms with van der Waals surface area (Å²) in [6.07, 6.45) is -2.84. The van der Waals surface area contributed by atoms with Crippen LogP contribution in [0, 0.1) is 0 Å². The first-order chi connectivity index (χ1) is 13.2. The van der Waals surface area contributed by atoms with E-state index in [1.54, 1.807) is 0 Å². The zero-order chi connectivity index (χ0) is 20.4. The van der Waals surface area contributed by atoms with Crippen molar-refractivity contribution in [3.8, 4) is 0 Å². The van der Waals surface area contributed by atoms with E-state index in [1.165, 1.54) is 40.7 Å².